The quantitative estimate of drug-likeness (QED) is 0.877. The lowest BCUT2D eigenvalue weighted by molar-refractivity contribution is 0.344. The average molecular weight is 265 g/mol. The summed E-state index contributed by atoms with van der Waals surface area (Å²) in [5, 5.41) is 3.58. The summed E-state index contributed by atoms with van der Waals surface area (Å²) in [6.07, 6.45) is 2.78. The molecule has 2 aliphatic rings. The molecule has 1 aromatic carbocycles. The molecule has 3 nitrogen and oxygen atoms in total. The minimum absolute atomic E-state index is 0.231. The molecule has 98 valence electrons. The normalized spacial score (nSPS) is 30.5. The van der Waals surface area contributed by atoms with Gasteiger partial charge in [0, 0.05) is 11.6 Å². The van der Waals surface area contributed by atoms with Crippen molar-refractivity contribution in [3.8, 4) is 0 Å². The number of sulfone groups is 1. The van der Waals surface area contributed by atoms with E-state index in [9.17, 15) is 8.42 Å². The van der Waals surface area contributed by atoms with Crippen molar-refractivity contribution in [1.82, 2.24) is 5.32 Å². The molecule has 0 radical (unpaired) electrons. The SMILES string of the molecule is CC1(NC2Cc3ccccc3C2)CCS(=O)(=O)C1. The molecule has 3 rings (SSSR count). The van der Waals surface area contributed by atoms with Crippen molar-refractivity contribution in [2.75, 3.05) is 11.5 Å². The largest absolute Gasteiger partial charge is 0.307 e. The molecule has 1 N–H and O–H groups in total. The van der Waals surface area contributed by atoms with Crippen LogP contribution in [-0.4, -0.2) is 31.5 Å². The van der Waals surface area contributed by atoms with Crippen LogP contribution < -0.4 is 5.32 Å². The van der Waals surface area contributed by atoms with Crippen LogP contribution in [0.4, 0.5) is 0 Å². The Morgan fingerprint density at radius 3 is 2.33 bits per heavy atom. The Balaban J connectivity index is 1.70. The first-order chi connectivity index (χ1) is 8.46. The Labute approximate surface area is 109 Å². The maximum absolute atomic E-state index is 11.6. The molecule has 1 atom stereocenters. The summed E-state index contributed by atoms with van der Waals surface area (Å²) in [7, 11) is -2.83. The lowest BCUT2D eigenvalue weighted by Crippen LogP contribution is -2.49. The van der Waals surface area contributed by atoms with Crippen LogP contribution in [0.2, 0.25) is 0 Å². The van der Waals surface area contributed by atoms with E-state index < -0.39 is 9.84 Å². The van der Waals surface area contributed by atoms with Crippen molar-refractivity contribution in [2.24, 2.45) is 0 Å². The summed E-state index contributed by atoms with van der Waals surface area (Å²) >= 11 is 0. The Bertz CT molecular complexity index is 542. The number of nitrogens with one attached hydrogen (secondary N) is 1. The van der Waals surface area contributed by atoms with Gasteiger partial charge in [-0.3, -0.25) is 0 Å². The Morgan fingerprint density at radius 1 is 1.22 bits per heavy atom. The van der Waals surface area contributed by atoms with Crippen LogP contribution in [0.15, 0.2) is 24.3 Å². The fraction of sp³-hybridized carbons (Fsp3) is 0.571. The van der Waals surface area contributed by atoms with Crippen molar-refractivity contribution in [1.29, 1.82) is 0 Å². The first-order valence-electron chi connectivity index (χ1n) is 6.51. The van der Waals surface area contributed by atoms with Gasteiger partial charge in [-0.2, -0.15) is 0 Å². The van der Waals surface area contributed by atoms with Crippen LogP contribution in [0.3, 0.4) is 0 Å². The van der Waals surface area contributed by atoms with Crippen molar-refractivity contribution in [3.05, 3.63) is 35.4 Å². The number of rotatable bonds is 2. The van der Waals surface area contributed by atoms with Crippen LogP contribution in [0.1, 0.15) is 24.5 Å². The second-order valence-corrected chi connectivity index (χ2v) is 8.10. The third-order valence-corrected chi connectivity index (χ3v) is 6.01. The van der Waals surface area contributed by atoms with E-state index in [1.165, 1.54) is 11.1 Å². The zero-order valence-corrected chi connectivity index (χ0v) is 11.5. The molecular formula is C14H19NO2S. The first-order valence-corrected chi connectivity index (χ1v) is 8.33. The van der Waals surface area contributed by atoms with Gasteiger partial charge in [0.1, 0.15) is 0 Å². The van der Waals surface area contributed by atoms with Crippen molar-refractivity contribution >= 4 is 9.84 Å². The highest BCUT2D eigenvalue weighted by molar-refractivity contribution is 7.91. The van der Waals surface area contributed by atoms with E-state index in [0.29, 0.717) is 11.8 Å². The van der Waals surface area contributed by atoms with E-state index in [-0.39, 0.29) is 11.3 Å². The Hall–Kier alpha value is -0.870. The van der Waals surface area contributed by atoms with Crippen LogP contribution in [-0.2, 0) is 22.7 Å². The molecule has 1 aromatic rings. The lowest BCUT2D eigenvalue weighted by Gasteiger charge is -2.28. The van der Waals surface area contributed by atoms with Gasteiger partial charge in [0.2, 0.25) is 0 Å². The van der Waals surface area contributed by atoms with Crippen molar-refractivity contribution in [3.63, 3.8) is 0 Å². The minimum Gasteiger partial charge on any atom is -0.307 e. The fourth-order valence-electron chi connectivity index (χ4n) is 3.28. The molecule has 1 aliphatic carbocycles. The van der Waals surface area contributed by atoms with Gasteiger partial charge in [0.15, 0.2) is 9.84 Å². The summed E-state index contributed by atoms with van der Waals surface area (Å²) in [5.74, 6) is 0.614. The van der Waals surface area contributed by atoms with Gasteiger partial charge in [-0.1, -0.05) is 24.3 Å². The summed E-state index contributed by atoms with van der Waals surface area (Å²) < 4.78 is 23.2. The van der Waals surface area contributed by atoms with Gasteiger partial charge >= 0.3 is 0 Å². The highest BCUT2D eigenvalue weighted by Crippen LogP contribution is 2.28. The van der Waals surface area contributed by atoms with Gasteiger partial charge < -0.3 is 5.32 Å². The summed E-state index contributed by atoms with van der Waals surface area (Å²) in [4.78, 5) is 0. The molecule has 0 spiro atoms. The van der Waals surface area contributed by atoms with Crippen molar-refractivity contribution in [2.45, 2.75) is 37.8 Å². The van der Waals surface area contributed by atoms with Crippen molar-refractivity contribution < 1.29 is 8.42 Å². The van der Waals surface area contributed by atoms with Gasteiger partial charge in [0.05, 0.1) is 11.5 Å². The molecule has 1 aliphatic heterocycles. The van der Waals surface area contributed by atoms with E-state index in [1.807, 2.05) is 6.92 Å². The van der Waals surface area contributed by atoms with Crippen LogP contribution in [0, 0.1) is 0 Å². The maximum atomic E-state index is 11.6. The van der Waals surface area contributed by atoms with E-state index in [1.54, 1.807) is 0 Å². The zero-order valence-electron chi connectivity index (χ0n) is 10.6. The molecule has 0 aromatic heterocycles. The number of benzene rings is 1. The molecule has 0 saturated carbocycles. The van der Waals surface area contributed by atoms with Crippen LogP contribution in [0.25, 0.3) is 0 Å². The molecule has 1 heterocycles. The average Bonchev–Trinajstić information content (AvgIpc) is 2.78. The number of hydrogen-bond acceptors (Lipinski definition) is 3. The molecular weight excluding hydrogens is 246 g/mol. The number of hydrogen-bond donors (Lipinski definition) is 1. The van der Waals surface area contributed by atoms with Gasteiger partial charge in [-0.05, 0) is 37.3 Å². The lowest BCUT2D eigenvalue weighted by atomic mass is 10.00. The van der Waals surface area contributed by atoms with Gasteiger partial charge in [0.25, 0.3) is 0 Å². The van der Waals surface area contributed by atoms with Gasteiger partial charge in [-0.15, -0.1) is 0 Å². The Kier molecular flexibility index (Phi) is 2.75. The standard InChI is InChI=1S/C14H19NO2S/c1-14(6-7-18(16,17)10-14)15-13-8-11-4-2-3-5-12(11)9-13/h2-5,13,15H,6-10H2,1H3. The molecule has 0 bridgehead atoms. The predicted molar refractivity (Wildman–Crippen MR) is 72.4 cm³/mol. The van der Waals surface area contributed by atoms with Gasteiger partial charge in [-0.25, -0.2) is 8.42 Å². The van der Waals surface area contributed by atoms with E-state index in [2.05, 4.69) is 29.6 Å². The molecule has 0 amide bonds. The zero-order chi connectivity index (χ0) is 12.8. The summed E-state index contributed by atoms with van der Waals surface area (Å²) in [6.45, 7) is 2.04. The minimum atomic E-state index is -2.83. The second-order valence-electron chi connectivity index (χ2n) is 5.92. The second kappa shape index (κ2) is 4.07. The molecule has 4 heteroatoms. The number of fused-ring (bicyclic) bond motifs is 1. The maximum Gasteiger partial charge on any atom is 0.152 e. The highest BCUT2D eigenvalue weighted by atomic mass is 32.2. The first kappa shape index (κ1) is 12.2. The highest BCUT2D eigenvalue weighted by Gasteiger charge is 2.40. The van der Waals surface area contributed by atoms with E-state index in [0.717, 1.165) is 19.3 Å². The smallest absolute Gasteiger partial charge is 0.152 e. The van der Waals surface area contributed by atoms with E-state index >= 15 is 0 Å². The molecule has 1 saturated heterocycles. The van der Waals surface area contributed by atoms with Crippen LogP contribution >= 0.6 is 0 Å². The Morgan fingerprint density at radius 2 is 1.83 bits per heavy atom. The third-order valence-electron chi connectivity index (χ3n) is 4.11. The molecule has 1 unspecified atom stereocenters. The third kappa shape index (κ3) is 2.31. The summed E-state index contributed by atoms with van der Waals surface area (Å²) in [6, 6.07) is 8.88. The summed E-state index contributed by atoms with van der Waals surface area (Å²) in [5.41, 5.74) is 2.57. The molecule has 18 heavy (non-hydrogen) atoms. The monoisotopic (exact) mass is 265 g/mol. The van der Waals surface area contributed by atoms with Crippen LogP contribution in [0.5, 0.6) is 0 Å². The fourth-order valence-corrected chi connectivity index (χ4v) is 5.38. The van der Waals surface area contributed by atoms with E-state index in [4.69, 9.17) is 0 Å². The predicted octanol–water partition coefficient (Wildman–Crippen LogP) is 1.32. The topological polar surface area (TPSA) is 46.2 Å². The molecule has 1 fully saturated rings.